The summed E-state index contributed by atoms with van der Waals surface area (Å²) in [5, 5.41) is 5.93. The molecule has 1 fully saturated rings. The van der Waals surface area contributed by atoms with Crippen molar-refractivity contribution in [2.24, 2.45) is 0 Å². The molecule has 2 amide bonds. The van der Waals surface area contributed by atoms with Crippen LogP contribution < -0.4 is 19.7 Å². The van der Waals surface area contributed by atoms with Gasteiger partial charge in [-0.1, -0.05) is 38.3 Å². The molecule has 34 heavy (non-hydrogen) atoms. The summed E-state index contributed by atoms with van der Waals surface area (Å²) in [4.78, 5) is 25.8. The second-order valence-corrected chi connectivity index (χ2v) is 10.6. The molecule has 1 aliphatic rings. The lowest BCUT2D eigenvalue weighted by molar-refractivity contribution is -0.122. The Morgan fingerprint density at radius 2 is 1.71 bits per heavy atom. The van der Waals surface area contributed by atoms with Gasteiger partial charge in [-0.25, -0.2) is 8.42 Å². The molecular weight excluding hydrogens is 454 g/mol. The van der Waals surface area contributed by atoms with Crippen molar-refractivity contribution in [3.8, 4) is 5.75 Å². The third-order valence-corrected chi connectivity index (χ3v) is 7.22. The summed E-state index contributed by atoms with van der Waals surface area (Å²) in [5.74, 6) is -0.115. The van der Waals surface area contributed by atoms with Crippen LogP contribution in [0.2, 0.25) is 0 Å². The van der Waals surface area contributed by atoms with E-state index in [0.29, 0.717) is 29.1 Å². The maximum atomic E-state index is 13.0. The van der Waals surface area contributed by atoms with Crippen LogP contribution in [0.4, 0.5) is 11.4 Å². The molecule has 2 aromatic rings. The number of anilines is 2. The average Bonchev–Trinajstić information content (AvgIpc) is 2.82. The molecule has 0 unspecified atom stereocenters. The van der Waals surface area contributed by atoms with Gasteiger partial charge in [-0.15, -0.1) is 0 Å². The Morgan fingerprint density at radius 3 is 2.32 bits per heavy atom. The molecule has 0 radical (unpaired) electrons. The second-order valence-electron chi connectivity index (χ2n) is 8.58. The van der Waals surface area contributed by atoms with E-state index in [0.717, 1.165) is 36.2 Å². The van der Waals surface area contributed by atoms with Crippen LogP contribution >= 0.6 is 0 Å². The monoisotopic (exact) mass is 487 g/mol. The lowest BCUT2D eigenvalue weighted by Gasteiger charge is -2.23. The summed E-state index contributed by atoms with van der Waals surface area (Å²) in [6.45, 7) is 1.83. The predicted octanol–water partition coefficient (Wildman–Crippen LogP) is 3.94. The van der Waals surface area contributed by atoms with Crippen LogP contribution in [-0.4, -0.2) is 45.7 Å². The summed E-state index contributed by atoms with van der Waals surface area (Å²) in [6.07, 6.45) is 6.14. The van der Waals surface area contributed by atoms with Crippen LogP contribution in [-0.2, 0) is 14.8 Å². The Morgan fingerprint density at radius 1 is 1.06 bits per heavy atom. The molecule has 3 rings (SSSR count). The van der Waals surface area contributed by atoms with Gasteiger partial charge in [-0.3, -0.25) is 13.9 Å². The van der Waals surface area contributed by atoms with Gasteiger partial charge in [-0.2, -0.15) is 0 Å². The average molecular weight is 488 g/mol. The number of hydrogen-bond acceptors (Lipinski definition) is 5. The van der Waals surface area contributed by atoms with Crippen molar-refractivity contribution >= 4 is 33.2 Å². The molecule has 2 aromatic carbocycles. The summed E-state index contributed by atoms with van der Waals surface area (Å²) < 4.78 is 30.4. The molecule has 0 spiro atoms. The Labute approximate surface area is 201 Å². The molecule has 0 aliphatic heterocycles. The number of benzene rings is 2. The van der Waals surface area contributed by atoms with Crippen molar-refractivity contribution in [1.82, 2.24) is 5.32 Å². The summed E-state index contributed by atoms with van der Waals surface area (Å²) in [5.41, 5.74) is 1.35. The Hall–Kier alpha value is -3.07. The topological polar surface area (TPSA) is 105 Å². The SMILES string of the molecule is CC[C@H](Oc1ccc(N(C)S(C)(=O)=O)cc1)C(=O)Nc1ccccc1C(=O)NC1CCCCC1. The highest BCUT2D eigenvalue weighted by molar-refractivity contribution is 7.92. The molecule has 8 nitrogen and oxygen atoms in total. The van der Waals surface area contributed by atoms with Crippen molar-refractivity contribution in [1.29, 1.82) is 0 Å². The fourth-order valence-corrected chi connectivity index (χ4v) is 4.43. The normalized spacial score (nSPS) is 15.3. The van der Waals surface area contributed by atoms with Gasteiger partial charge >= 0.3 is 0 Å². The number of rotatable bonds is 9. The molecule has 1 saturated carbocycles. The first-order chi connectivity index (χ1) is 16.2. The zero-order valence-corrected chi connectivity index (χ0v) is 20.7. The van der Waals surface area contributed by atoms with Crippen molar-refractivity contribution in [3.05, 3.63) is 54.1 Å². The predicted molar refractivity (Wildman–Crippen MR) is 134 cm³/mol. The number of nitrogens with zero attached hydrogens (tertiary/aromatic N) is 1. The minimum Gasteiger partial charge on any atom is -0.481 e. The fraction of sp³-hybridized carbons (Fsp3) is 0.440. The highest BCUT2D eigenvalue weighted by Crippen LogP contribution is 2.23. The minimum absolute atomic E-state index is 0.168. The van der Waals surface area contributed by atoms with E-state index in [-0.39, 0.29) is 17.9 Å². The van der Waals surface area contributed by atoms with Crippen LogP contribution in [0.15, 0.2) is 48.5 Å². The zero-order chi connectivity index (χ0) is 24.7. The van der Waals surface area contributed by atoms with Gasteiger partial charge in [0.2, 0.25) is 10.0 Å². The van der Waals surface area contributed by atoms with E-state index < -0.39 is 16.1 Å². The first-order valence-electron chi connectivity index (χ1n) is 11.6. The van der Waals surface area contributed by atoms with Gasteiger partial charge in [0.1, 0.15) is 5.75 Å². The third kappa shape index (κ3) is 6.72. The van der Waals surface area contributed by atoms with Gasteiger partial charge in [0.05, 0.1) is 23.2 Å². The molecular formula is C25H33N3O5S. The number of nitrogens with one attached hydrogen (secondary N) is 2. The second kappa shape index (κ2) is 11.4. The van der Waals surface area contributed by atoms with Gasteiger partial charge < -0.3 is 15.4 Å². The van der Waals surface area contributed by atoms with E-state index in [2.05, 4.69) is 10.6 Å². The van der Waals surface area contributed by atoms with Crippen LogP contribution in [0.25, 0.3) is 0 Å². The summed E-state index contributed by atoms with van der Waals surface area (Å²) in [6, 6.07) is 13.6. The van der Waals surface area contributed by atoms with E-state index >= 15 is 0 Å². The molecule has 2 N–H and O–H groups in total. The highest BCUT2D eigenvalue weighted by Gasteiger charge is 2.23. The van der Waals surface area contributed by atoms with Crippen molar-refractivity contribution in [2.75, 3.05) is 22.9 Å². The van der Waals surface area contributed by atoms with Crippen LogP contribution in [0, 0.1) is 0 Å². The molecule has 0 saturated heterocycles. The minimum atomic E-state index is -3.37. The number of amides is 2. The van der Waals surface area contributed by atoms with Crippen molar-refractivity contribution < 1.29 is 22.7 Å². The molecule has 184 valence electrons. The Kier molecular flexibility index (Phi) is 8.55. The van der Waals surface area contributed by atoms with Crippen molar-refractivity contribution in [2.45, 2.75) is 57.6 Å². The molecule has 0 aromatic heterocycles. The van der Waals surface area contributed by atoms with E-state index in [1.54, 1.807) is 48.5 Å². The van der Waals surface area contributed by atoms with E-state index in [4.69, 9.17) is 4.74 Å². The van der Waals surface area contributed by atoms with E-state index in [1.807, 2.05) is 6.92 Å². The third-order valence-electron chi connectivity index (χ3n) is 6.01. The first kappa shape index (κ1) is 25.6. The van der Waals surface area contributed by atoms with Gasteiger partial charge in [0.25, 0.3) is 11.8 Å². The quantitative estimate of drug-likeness (QED) is 0.557. The number of ether oxygens (including phenoxy) is 1. The number of hydrogen-bond donors (Lipinski definition) is 2. The van der Waals surface area contributed by atoms with E-state index in [9.17, 15) is 18.0 Å². The number of carbonyl (C=O) groups is 2. The van der Waals surface area contributed by atoms with E-state index in [1.165, 1.54) is 13.5 Å². The largest absolute Gasteiger partial charge is 0.481 e. The Bertz CT molecular complexity index is 1100. The number of carbonyl (C=O) groups excluding carboxylic acids is 2. The smallest absolute Gasteiger partial charge is 0.265 e. The Balaban J connectivity index is 1.66. The summed E-state index contributed by atoms with van der Waals surface area (Å²) >= 11 is 0. The van der Waals surface area contributed by atoms with Crippen LogP contribution in [0.1, 0.15) is 55.8 Å². The standard InChI is InChI=1S/C25H33N3O5S/c1-4-23(33-20-16-14-19(15-17-20)28(2)34(3,31)32)25(30)27-22-13-9-8-12-21(22)24(29)26-18-10-6-5-7-11-18/h8-9,12-18,23H,4-7,10-11H2,1-3H3,(H,26,29)(H,27,30)/t23-/m0/s1. The zero-order valence-electron chi connectivity index (χ0n) is 19.9. The molecule has 1 atom stereocenters. The highest BCUT2D eigenvalue weighted by atomic mass is 32.2. The molecule has 1 aliphatic carbocycles. The fourth-order valence-electron chi connectivity index (χ4n) is 3.93. The van der Waals surface area contributed by atoms with Crippen LogP contribution in [0.3, 0.4) is 0 Å². The van der Waals surface area contributed by atoms with Gasteiger partial charge in [0, 0.05) is 13.1 Å². The van der Waals surface area contributed by atoms with Crippen molar-refractivity contribution in [3.63, 3.8) is 0 Å². The first-order valence-corrected chi connectivity index (χ1v) is 13.4. The summed E-state index contributed by atoms with van der Waals surface area (Å²) in [7, 11) is -1.90. The molecule has 0 heterocycles. The molecule has 9 heteroatoms. The lowest BCUT2D eigenvalue weighted by Crippen LogP contribution is -2.37. The maximum Gasteiger partial charge on any atom is 0.265 e. The maximum absolute atomic E-state index is 13.0. The van der Waals surface area contributed by atoms with Crippen LogP contribution in [0.5, 0.6) is 5.75 Å². The number of para-hydroxylation sites is 1. The van der Waals surface area contributed by atoms with Gasteiger partial charge in [0.15, 0.2) is 6.10 Å². The molecule has 0 bridgehead atoms. The lowest BCUT2D eigenvalue weighted by atomic mass is 9.95. The number of sulfonamides is 1. The van der Waals surface area contributed by atoms with Gasteiger partial charge in [-0.05, 0) is 55.7 Å².